The van der Waals surface area contributed by atoms with E-state index >= 15 is 0 Å². The largest absolute Gasteiger partial charge is 0.281 e. The van der Waals surface area contributed by atoms with E-state index in [1.165, 1.54) is 32.1 Å². The summed E-state index contributed by atoms with van der Waals surface area (Å²) in [4.78, 5) is 0. The highest BCUT2D eigenvalue weighted by Gasteiger charge is 2.32. The first kappa shape index (κ1) is 16.5. The summed E-state index contributed by atoms with van der Waals surface area (Å²) in [7, 11) is -1.54. The van der Waals surface area contributed by atoms with E-state index in [1.54, 1.807) is 15.7 Å². The van der Waals surface area contributed by atoms with Crippen LogP contribution in [-0.2, 0) is 10.2 Å². The minimum Gasteiger partial charge on any atom is -0.195 e. The maximum absolute atomic E-state index is 12.6. The number of halogens is 1. The van der Waals surface area contributed by atoms with E-state index in [9.17, 15) is 8.42 Å². The predicted molar refractivity (Wildman–Crippen MR) is 83.1 cm³/mol. The van der Waals surface area contributed by atoms with Crippen molar-refractivity contribution in [1.82, 2.24) is 8.61 Å². The molecule has 1 aliphatic carbocycles. The summed E-state index contributed by atoms with van der Waals surface area (Å²) in [5.41, 5.74) is 0. The van der Waals surface area contributed by atoms with Gasteiger partial charge >= 0.3 is 0 Å². The number of alkyl halides is 1. The molecule has 4 nitrogen and oxygen atoms in total. The van der Waals surface area contributed by atoms with Gasteiger partial charge in [0.1, 0.15) is 0 Å². The van der Waals surface area contributed by atoms with Gasteiger partial charge in [-0.15, -0.1) is 11.6 Å². The van der Waals surface area contributed by atoms with Crippen molar-refractivity contribution in [1.29, 1.82) is 0 Å². The third-order valence-corrected chi connectivity index (χ3v) is 7.14. The molecular formula is C14H27ClN2O2S. The Morgan fingerprint density at radius 3 is 2.20 bits per heavy atom. The summed E-state index contributed by atoms with van der Waals surface area (Å²) in [6.07, 6.45) is 7.93. The zero-order valence-electron chi connectivity index (χ0n) is 12.4. The molecule has 6 heteroatoms. The van der Waals surface area contributed by atoms with Crippen LogP contribution in [0.4, 0.5) is 0 Å². The van der Waals surface area contributed by atoms with E-state index in [1.807, 2.05) is 0 Å². The molecule has 0 spiro atoms. The van der Waals surface area contributed by atoms with Crippen LogP contribution in [0.3, 0.4) is 0 Å². The van der Waals surface area contributed by atoms with Crippen LogP contribution in [0.1, 0.15) is 44.9 Å². The minimum atomic E-state index is -3.27. The van der Waals surface area contributed by atoms with Gasteiger partial charge in [0.15, 0.2) is 0 Å². The topological polar surface area (TPSA) is 40.6 Å². The third-order valence-electron chi connectivity index (χ3n) is 4.75. The van der Waals surface area contributed by atoms with Gasteiger partial charge in [0.2, 0.25) is 0 Å². The lowest BCUT2D eigenvalue weighted by Gasteiger charge is -2.34. The highest BCUT2D eigenvalue weighted by atomic mass is 35.5. The second-order valence-corrected chi connectivity index (χ2v) is 8.63. The highest BCUT2D eigenvalue weighted by molar-refractivity contribution is 7.86. The van der Waals surface area contributed by atoms with Gasteiger partial charge in [0.25, 0.3) is 10.2 Å². The van der Waals surface area contributed by atoms with Crippen LogP contribution in [-0.4, -0.2) is 49.6 Å². The molecule has 20 heavy (non-hydrogen) atoms. The monoisotopic (exact) mass is 322 g/mol. The van der Waals surface area contributed by atoms with E-state index < -0.39 is 10.2 Å². The molecule has 0 atom stereocenters. The molecule has 0 bridgehead atoms. The molecule has 118 valence electrons. The zero-order chi connectivity index (χ0) is 14.6. The van der Waals surface area contributed by atoms with Crippen LogP contribution in [0.15, 0.2) is 0 Å². The molecule has 1 saturated carbocycles. The van der Waals surface area contributed by atoms with Gasteiger partial charge in [-0.25, -0.2) is 0 Å². The number of rotatable bonds is 5. The summed E-state index contributed by atoms with van der Waals surface area (Å²) >= 11 is 5.86. The van der Waals surface area contributed by atoms with E-state index in [0.29, 0.717) is 37.4 Å². The van der Waals surface area contributed by atoms with Crippen molar-refractivity contribution in [2.75, 3.05) is 32.6 Å². The van der Waals surface area contributed by atoms with Crippen molar-refractivity contribution < 1.29 is 8.42 Å². The van der Waals surface area contributed by atoms with Gasteiger partial charge < -0.3 is 0 Å². The quantitative estimate of drug-likeness (QED) is 0.730. The van der Waals surface area contributed by atoms with Crippen LogP contribution in [0, 0.1) is 11.8 Å². The third kappa shape index (κ3) is 4.09. The number of hydrogen-bond donors (Lipinski definition) is 0. The average molecular weight is 323 g/mol. The molecule has 2 rings (SSSR count). The first-order chi connectivity index (χ1) is 9.54. The molecule has 1 saturated heterocycles. The SMILES string of the molecule is CN(CC1CCCCC1)S(=O)(=O)N1CCC(CCl)CC1. The average Bonchev–Trinajstić information content (AvgIpc) is 2.48. The Balaban J connectivity index is 1.88. The standard InChI is InChI=1S/C14H27ClN2O2S/c1-16(12-14-5-3-2-4-6-14)20(18,19)17-9-7-13(11-15)8-10-17/h13-14H,2-12H2,1H3. The predicted octanol–water partition coefficient (Wildman–Crippen LogP) is 2.69. The fourth-order valence-corrected chi connectivity index (χ4v) is 5.09. The molecule has 0 radical (unpaired) electrons. The Labute approximate surface area is 128 Å². The van der Waals surface area contributed by atoms with E-state index in [0.717, 1.165) is 12.8 Å². The summed E-state index contributed by atoms with van der Waals surface area (Å²) in [6, 6.07) is 0. The summed E-state index contributed by atoms with van der Waals surface area (Å²) in [5, 5.41) is 0. The Morgan fingerprint density at radius 1 is 1.05 bits per heavy atom. The van der Waals surface area contributed by atoms with E-state index in [2.05, 4.69) is 0 Å². The maximum atomic E-state index is 12.6. The lowest BCUT2D eigenvalue weighted by atomic mass is 9.89. The number of piperidine rings is 1. The lowest BCUT2D eigenvalue weighted by molar-refractivity contribution is 0.253. The van der Waals surface area contributed by atoms with Crippen LogP contribution in [0.25, 0.3) is 0 Å². The summed E-state index contributed by atoms with van der Waals surface area (Å²) in [5.74, 6) is 1.67. The Hall–Kier alpha value is 0.160. The Kier molecular flexibility index (Phi) is 6.14. The molecule has 2 aliphatic rings. The van der Waals surface area contributed by atoms with E-state index in [-0.39, 0.29) is 0 Å². The first-order valence-electron chi connectivity index (χ1n) is 7.81. The molecule has 0 aromatic heterocycles. The van der Waals surface area contributed by atoms with Crippen LogP contribution in [0.5, 0.6) is 0 Å². The fraction of sp³-hybridized carbons (Fsp3) is 1.00. The first-order valence-corrected chi connectivity index (χ1v) is 9.74. The second-order valence-electron chi connectivity index (χ2n) is 6.29. The van der Waals surface area contributed by atoms with Crippen molar-refractivity contribution in [2.45, 2.75) is 44.9 Å². The molecule has 0 unspecified atom stereocenters. The highest BCUT2D eigenvalue weighted by Crippen LogP contribution is 2.26. The van der Waals surface area contributed by atoms with Crippen molar-refractivity contribution in [2.24, 2.45) is 11.8 Å². The van der Waals surface area contributed by atoms with Gasteiger partial charge in [-0.2, -0.15) is 17.0 Å². The number of hydrogen-bond acceptors (Lipinski definition) is 2. The maximum Gasteiger partial charge on any atom is 0.281 e. The molecule has 1 aliphatic heterocycles. The molecule has 2 fully saturated rings. The molecule has 0 aromatic carbocycles. The normalized spacial score (nSPS) is 24.4. The Morgan fingerprint density at radius 2 is 1.65 bits per heavy atom. The van der Waals surface area contributed by atoms with Crippen LogP contribution in [0.2, 0.25) is 0 Å². The Bertz CT molecular complexity index is 388. The van der Waals surface area contributed by atoms with E-state index in [4.69, 9.17) is 11.6 Å². The summed E-state index contributed by atoms with van der Waals surface area (Å²) in [6.45, 7) is 1.92. The lowest BCUT2D eigenvalue weighted by Crippen LogP contribution is -2.47. The molecule has 0 amide bonds. The van der Waals surface area contributed by atoms with Gasteiger partial charge in [0, 0.05) is 32.6 Å². The van der Waals surface area contributed by atoms with Crippen molar-refractivity contribution in [3.63, 3.8) is 0 Å². The fourth-order valence-electron chi connectivity index (χ4n) is 3.32. The minimum absolute atomic E-state index is 0.478. The second kappa shape index (κ2) is 7.43. The number of nitrogens with zero attached hydrogens (tertiary/aromatic N) is 2. The zero-order valence-corrected chi connectivity index (χ0v) is 14.0. The molecule has 1 heterocycles. The van der Waals surface area contributed by atoms with Crippen molar-refractivity contribution in [3.8, 4) is 0 Å². The van der Waals surface area contributed by atoms with Gasteiger partial charge in [-0.3, -0.25) is 0 Å². The van der Waals surface area contributed by atoms with Gasteiger partial charge in [-0.05, 0) is 37.5 Å². The summed E-state index contributed by atoms with van der Waals surface area (Å²) < 4.78 is 28.4. The molecule has 0 N–H and O–H groups in total. The van der Waals surface area contributed by atoms with Gasteiger partial charge in [0.05, 0.1) is 0 Å². The smallest absolute Gasteiger partial charge is 0.195 e. The van der Waals surface area contributed by atoms with Crippen molar-refractivity contribution in [3.05, 3.63) is 0 Å². The van der Waals surface area contributed by atoms with Gasteiger partial charge in [-0.1, -0.05) is 19.3 Å². The van der Waals surface area contributed by atoms with Crippen LogP contribution >= 0.6 is 11.6 Å². The van der Waals surface area contributed by atoms with Crippen molar-refractivity contribution >= 4 is 21.8 Å². The molecule has 0 aromatic rings. The molecular weight excluding hydrogens is 296 g/mol. The van der Waals surface area contributed by atoms with Crippen LogP contribution < -0.4 is 0 Å².